The summed E-state index contributed by atoms with van der Waals surface area (Å²) in [4.78, 5) is 11.1. The second-order valence-corrected chi connectivity index (χ2v) is 8.20. The predicted octanol–water partition coefficient (Wildman–Crippen LogP) is 3.60. The molecule has 28 heavy (non-hydrogen) atoms. The molecule has 0 heterocycles. The molecule has 6 atom stereocenters. The first-order valence-electron chi connectivity index (χ1n) is 10.4. The summed E-state index contributed by atoms with van der Waals surface area (Å²) in [7, 11) is 1.39. The molecular weight excluding hydrogens is 380 g/mol. The van der Waals surface area contributed by atoms with Crippen molar-refractivity contribution in [3.8, 4) is 0 Å². The van der Waals surface area contributed by atoms with Crippen LogP contribution in [0.3, 0.4) is 0 Å². The van der Waals surface area contributed by atoms with Gasteiger partial charge in [-0.2, -0.15) is 0 Å². The zero-order chi connectivity index (χ0) is 20.9. The number of esters is 1. The van der Waals surface area contributed by atoms with Crippen LogP contribution in [0.2, 0.25) is 0 Å². The zero-order valence-corrected chi connectivity index (χ0v) is 17.9. The quantitative estimate of drug-likeness (QED) is 0.185. The molecule has 3 N–H and O–H groups in total. The third-order valence-electron chi connectivity index (χ3n) is 5.63. The summed E-state index contributed by atoms with van der Waals surface area (Å²) >= 11 is 5.69. The summed E-state index contributed by atoms with van der Waals surface area (Å²) < 4.78 is 4.61. The minimum Gasteiger partial charge on any atom is -0.469 e. The molecule has 0 amide bonds. The molecule has 162 valence electrons. The lowest BCUT2D eigenvalue weighted by atomic mass is 9.88. The molecule has 5 nitrogen and oxygen atoms in total. The van der Waals surface area contributed by atoms with Crippen molar-refractivity contribution in [1.29, 1.82) is 0 Å². The van der Waals surface area contributed by atoms with E-state index >= 15 is 0 Å². The number of halogens is 1. The number of methoxy groups -OCH3 is 1. The van der Waals surface area contributed by atoms with Gasteiger partial charge < -0.3 is 20.1 Å². The molecule has 0 saturated heterocycles. The fraction of sp³-hybridized carbons (Fsp3) is 0.773. The molecular formula is C22H37ClO5. The molecule has 1 saturated carbocycles. The average Bonchev–Trinajstić information content (AvgIpc) is 2.94. The first kappa shape index (κ1) is 25.2. The Morgan fingerprint density at radius 2 is 1.96 bits per heavy atom. The Kier molecular flexibility index (Phi) is 12.7. The van der Waals surface area contributed by atoms with Gasteiger partial charge >= 0.3 is 5.97 Å². The van der Waals surface area contributed by atoms with Gasteiger partial charge in [0.25, 0.3) is 0 Å². The number of rotatable bonds is 13. The van der Waals surface area contributed by atoms with Crippen molar-refractivity contribution in [2.75, 3.05) is 13.0 Å². The molecule has 0 aliphatic heterocycles. The number of aliphatic hydroxyl groups excluding tert-OH is 3. The van der Waals surface area contributed by atoms with E-state index in [1.54, 1.807) is 6.08 Å². The van der Waals surface area contributed by atoms with Crippen LogP contribution in [0, 0.1) is 17.8 Å². The Morgan fingerprint density at radius 3 is 2.64 bits per heavy atom. The molecule has 0 aromatic rings. The van der Waals surface area contributed by atoms with Crippen LogP contribution in [0.25, 0.3) is 0 Å². The summed E-state index contributed by atoms with van der Waals surface area (Å²) in [5.74, 6) is 0.337. The van der Waals surface area contributed by atoms with Gasteiger partial charge in [0.1, 0.15) is 0 Å². The number of unbranched alkanes of at least 4 members (excludes halogenated alkanes) is 2. The number of alkyl halides is 1. The van der Waals surface area contributed by atoms with Crippen LogP contribution in [0.4, 0.5) is 0 Å². The van der Waals surface area contributed by atoms with Gasteiger partial charge in [-0.25, -0.2) is 0 Å². The molecule has 1 fully saturated rings. The molecule has 1 unspecified atom stereocenters. The number of aliphatic hydroxyl groups is 3. The monoisotopic (exact) mass is 416 g/mol. The number of carbonyl (C=O) groups excluding carboxylic acids is 1. The Morgan fingerprint density at radius 1 is 1.21 bits per heavy atom. The van der Waals surface area contributed by atoms with Crippen LogP contribution in [0.1, 0.15) is 58.3 Å². The average molecular weight is 417 g/mol. The number of ether oxygens (including phenoxy) is 1. The summed E-state index contributed by atoms with van der Waals surface area (Å²) in [6, 6.07) is 0. The van der Waals surface area contributed by atoms with Crippen molar-refractivity contribution in [1.82, 2.24) is 0 Å². The van der Waals surface area contributed by atoms with Crippen molar-refractivity contribution in [2.24, 2.45) is 17.8 Å². The summed E-state index contributed by atoms with van der Waals surface area (Å²) in [6.07, 6.45) is 11.7. The first-order chi connectivity index (χ1) is 13.4. The minimum atomic E-state index is -0.595. The van der Waals surface area contributed by atoms with Crippen molar-refractivity contribution in [2.45, 2.75) is 76.6 Å². The van der Waals surface area contributed by atoms with E-state index in [0.717, 1.165) is 32.1 Å². The maximum Gasteiger partial charge on any atom is 0.305 e. The summed E-state index contributed by atoms with van der Waals surface area (Å²) in [5.41, 5.74) is 0. The standard InChI is InChI=1S/C22H37ClO5/c1-16(9-7-8-14-23)19(24)13-12-18-17(20(25)15-21(18)26)10-5-3-4-6-11-22(27)28-2/h3,5,12-13,16-21,24-26H,4,6-11,14-15H2,1-2H3/b5-3-,13-12+/t16?,17-,18-,19-,20+,21-/m1/s1. The lowest BCUT2D eigenvalue weighted by Crippen LogP contribution is -2.21. The number of carbonyl (C=O) groups is 1. The smallest absolute Gasteiger partial charge is 0.305 e. The fourth-order valence-corrected chi connectivity index (χ4v) is 3.90. The van der Waals surface area contributed by atoms with Gasteiger partial charge in [-0.05, 0) is 43.9 Å². The Bertz CT molecular complexity index is 493. The lowest BCUT2D eigenvalue weighted by molar-refractivity contribution is -0.140. The second-order valence-electron chi connectivity index (χ2n) is 7.82. The number of allylic oxidation sites excluding steroid dienone is 2. The van der Waals surface area contributed by atoms with Crippen LogP contribution in [0.15, 0.2) is 24.3 Å². The van der Waals surface area contributed by atoms with E-state index in [9.17, 15) is 20.1 Å². The van der Waals surface area contributed by atoms with Crippen molar-refractivity contribution in [3.05, 3.63) is 24.3 Å². The van der Waals surface area contributed by atoms with E-state index in [1.165, 1.54) is 7.11 Å². The van der Waals surface area contributed by atoms with E-state index in [2.05, 4.69) is 4.74 Å². The predicted molar refractivity (Wildman–Crippen MR) is 112 cm³/mol. The van der Waals surface area contributed by atoms with E-state index in [0.29, 0.717) is 25.1 Å². The van der Waals surface area contributed by atoms with Gasteiger partial charge in [0.05, 0.1) is 25.4 Å². The van der Waals surface area contributed by atoms with Crippen molar-refractivity contribution in [3.63, 3.8) is 0 Å². The largest absolute Gasteiger partial charge is 0.469 e. The molecule has 0 aromatic heterocycles. The van der Waals surface area contributed by atoms with Gasteiger partial charge in [0, 0.05) is 24.6 Å². The molecule has 0 spiro atoms. The van der Waals surface area contributed by atoms with Crippen LogP contribution < -0.4 is 0 Å². The third-order valence-corrected chi connectivity index (χ3v) is 5.89. The molecule has 1 aliphatic rings. The van der Waals surface area contributed by atoms with E-state index in [1.807, 2.05) is 25.2 Å². The van der Waals surface area contributed by atoms with Crippen LogP contribution >= 0.6 is 11.6 Å². The van der Waals surface area contributed by atoms with Crippen LogP contribution in [-0.4, -0.2) is 52.6 Å². The first-order valence-corrected chi connectivity index (χ1v) is 10.9. The maximum absolute atomic E-state index is 11.1. The zero-order valence-electron chi connectivity index (χ0n) is 17.2. The van der Waals surface area contributed by atoms with Crippen molar-refractivity contribution >= 4 is 17.6 Å². The van der Waals surface area contributed by atoms with Crippen LogP contribution in [-0.2, 0) is 9.53 Å². The number of hydrogen-bond acceptors (Lipinski definition) is 5. The highest BCUT2D eigenvalue weighted by atomic mass is 35.5. The highest BCUT2D eigenvalue weighted by Crippen LogP contribution is 2.36. The van der Waals surface area contributed by atoms with Gasteiger partial charge in [0.2, 0.25) is 0 Å². The SMILES string of the molecule is COC(=O)CCC/C=C\C[C@@H]1[C@@H](/C=C/[C@@H](O)C(C)CCCCCl)[C@H](O)C[C@@H]1O. The normalized spacial score (nSPS) is 27.5. The fourth-order valence-electron chi connectivity index (χ4n) is 3.71. The van der Waals surface area contributed by atoms with E-state index in [4.69, 9.17) is 11.6 Å². The third kappa shape index (κ3) is 9.08. The molecule has 1 rings (SSSR count). The van der Waals surface area contributed by atoms with Gasteiger partial charge in [0.15, 0.2) is 0 Å². The Labute approximate surface area is 174 Å². The maximum atomic E-state index is 11.1. The molecule has 0 aromatic carbocycles. The Balaban J connectivity index is 2.50. The highest BCUT2D eigenvalue weighted by Gasteiger charge is 2.39. The molecule has 6 heteroatoms. The van der Waals surface area contributed by atoms with Gasteiger partial charge in [-0.1, -0.05) is 37.6 Å². The highest BCUT2D eigenvalue weighted by molar-refractivity contribution is 6.17. The molecule has 1 aliphatic carbocycles. The van der Waals surface area contributed by atoms with E-state index < -0.39 is 18.3 Å². The summed E-state index contributed by atoms with van der Waals surface area (Å²) in [6.45, 7) is 2.01. The van der Waals surface area contributed by atoms with Crippen molar-refractivity contribution < 1.29 is 24.9 Å². The minimum absolute atomic E-state index is 0.0677. The lowest BCUT2D eigenvalue weighted by Gasteiger charge is -2.21. The second kappa shape index (κ2) is 14.2. The molecule has 0 radical (unpaired) electrons. The van der Waals surface area contributed by atoms with E-state index in [-0.39, 0.29) is 23.7 Å². The summed E-state index contributed by atoms with van der Waals surface area (Å²) in [5, 5.41) is 30.9. The van der Waals surface area contributed by atoms with Gasteiger partial charge in [-0.15, -0.1) is 11.6 Å². The van der Waals surface area contributed by atoms with Gasteiger partial charge in [-0.3, -0.25) is 4.79 Å². The number of hydrogen-bond donors (Lipinski definition) is 3. The molecule has 0 bridgehead atoms. The Hall–Kier alpha value is -0.880. The van der Waals surface area contributed by atoms with Crippen LogP contribution in [0.5, 0.6) is 0 Å². The topological polar surface area (TPSA) is 87.0 Å².